The maximum absolute atomic E-state index is 5.65. The molecule has 0 radical (unpaired) electrons. The lowest BCUT2D eigenvalue weighted by Gasteiger charge is -2.37. The van der Waals surface area contributed by atoms with E-state index < -0.39 is 0 Å². The minimum atomic E-state index is 0.714. The maximum Gasteiger partial charge on any atom is 0.0716 e. The summed E-state index contributed by atoms with van der Waals surface area (Å²) in [5, 5.41) is 0. The van der Waals surface area contributed by atoms with Gasteiger partial charge in [0.25, 0.3) is 0 Å². The Morgan fingerprint density at radius 3 is 1.87 bits per heavy atom. The van der Waals surface area contributed by atoms with Gasteiger partial charge in [-0.15, -0.1) is 6.58 Å². The van der Waals surface area contributed by atoms with Crippen LogP contribution in [0, 0.1) is 17.8 Å². The van der Waals surface area contributed by atoms with Gasteiger partial charge in [0, 0.05) is 6.61 Å². The molecule has 31 heavy (non-hydrogen) atoms. The summed E-state index contributed by atoms with van der Waals surface area (Å²) in [4.78, 5) is 0. The average Bonchev–Trinajstić information content (AvgIpc) is 2.85. The van der Waals surface area contributed by atoms with Crippen molar-refractivity contribution in [1.82, 2.24) is 0 Å². The summed E-state index contributed by atoms with van der Waals surface area (Å²) >= 11 is 0. The Hall–Kier alpha value is -1.86. The molecule has 0 N–H and O–H groups in total. The van der Waals surface area contributed by atoms with E-state index in [1.807, 2.05) is 0 Å². The van der Waals surface area contributed by atoms with E-state index >= 15 is 0 Å². The molecule has 0 atom stereocenters. The highest BCUT2D eigenvalue weighted by Crippen LogP contribution is 2.44. The van der Waals surface area contributed by atoms with Gasteiger partial charge in [0.15, 0.2) is 0 Å². The summed E-state index contributed by atoms with van der Waals surface area (Å²) in [7, 11) is 0. The Morgan fingerprint density at radius 1 is 0.774 bits per heavy atom. The van der Waals surface area contributed by atoms with Crippen LogP contribution in [0.1, 0.15) is 81.8 Å². The van der Waals surface area contributed by atoms with E-state index in [1.165, 1.54) is 68.1 Å². The number of hydrogen-bond acceptors (Lipinski definition) is 1. The number of hydrogen-bond donors (Lipinski definition) is 0. The first-order valence-corrected chi connectivity index (χ1v) is 12.7. The third-order valence-electron chi connectivity index (χ3n) is 7.87. The number of allylic oxidation sites excluding steroid dienone is 1. The van der Waals surface area contributed by atoms with Gasteiger partial charge in [-0.05, 0) is 104 Å². The molecule has 0 heterocycles. The van der Waals surface area contributed by atoms with Crippen molar-refractivity contribution in [1.29, 1.82) is 0 Å². The van der Waals surface area contributed by atoms with Gasteiger partial charge >= 0.3 is 0 Å². The number of rotatable bonds is 8. The third kappa shape index (κ3) is 5.89. The first-order valence-electron chi connectivity index (χ1n) is 12.7. The lowest BCUT2D eigenvalue weighted by molar-refractivity contribution is 0.121. The van der Waals surface area contributed by atoms with Crippen LogP contribution in [0.2, 0.25) is 0 Å². The van der Waals surface area contributed by atoms with E-state index in [0.29, 0.717) is 6.61 Å². The molecule has 2 fully saturated rings. The van der Waals surface area contributed by atoms with Crippen molar-refractivity contribution < 1.29 is 4.74 Å². The Labute approximate surface area is 189 Å². The zero-order valence-electron chi connectivity index (χ0n) is 19.4. The van der Waals surface area contributed by atoms with Crippen molar-refractivity contribution in [3.63, 3.8) is 0 Å². The normalized spacial score (nSPS) is 26.5. The van der Waals surface area contributed by atoms with Gasteiger partial charge in [-0.1, -0.05) is 61.5 Å². The lowest BCUT2D eigenvalue weighted by atomic mass is 9.68. The van der Waals surface area contributed by atoms with Crippen molar-refractivity contribution in [2.45, 2.75) is 77.2 Å². The van der Waals surface area contributed by atoms with Gasteiger partial charge in [0.05, 0.1) is 6.61 Å². The topological polar surface area (TPSA) is 9.23 Å². The predicted molar refractivity (Wildman–Crippen MR) is 132 cm³/mol. The minimum absolute atomic E-state index is 0.714. The van der Waals surface area contributed by atoms with Crippen LogP contribution in [0.4, 0.5) is 0 Å². The summed E-state index contributed by atoms with van der Waals surface area (Å²) in [6, 6.07) is 18.3. The summed E-state index contributed by atoms with van der Waals surface area (Å²) in [5.74, 6) is 3.50. The molecule has 0 bridgehead atoms. The summed E-state index contributed by atoms with van der Waals surface area (Å²) in [5.41, 5.74) is 5.41. The van der Waals surface area contributed by atoms with Gasteiger partial charge in [-0.3, -0.25) is 0 Å². The van der Waals surface area contributed by atoms with Crippen molar-refractivity contribution in [2.75, 3.05) is 6.61 Å². The third-order valence-corrected chi connectivity index (χ3v) is 7.87. The zero-order chi connectivity index (χ0) is 21.5. The van der Waals surface area contributed by atoms with Crippen molar-refractivity contribution >= 4 is 0 Å². The second kappa shape index (κ2) is 11.1. The molecule has 0 saturated heterocycles. The SMILES string of the molecule is C=C[C@H]1CC[C@H](C2CCC(c3ccc(-c4ccc(COCCC)cc4)cc3)CC2)CC1. The molecule has 166 valence electrons. The van der Waals surface area contributed by atoms with Crippen molar-refractivity contribution in [2.24, 2.45) is 17.8 Å². The van der Waals surface area contributed by atoms with Gasteiger partial charge in [-0.2, -0.15) is 0 Å². The Kier molecular flexibility index (Phi) is 8.03. The number of ether oxygens (including phenoxy) is 1. The molecule has 1 heteroatoms. The van der Waals surface area contributed by atoms with Gasteiger partial charge in [0.2, 0.25) is 0 Å². The number of benzene rings is 2. The lowest BCUT2D eigenvalue weighted by Crippen LogP contribution is -2.25. The standard InChI is InChI=1S/C30H40O/c1-3-21-31-22-24-7-11-26(12-8-24)28-15-19-30(20-16-28)29-17-13-27(14-18-29)25-9-5-23(4-2)6-10-25/h4,7-8,11-12,15-16,19-20,23,25,27,29H,2-3,5-6,9-10,13-14,17-18,21-22H2,1H3/t23-,25-,27?,29?. The molecular formula is C30H40O. The first kappa shape index (κ1) is 22.3. The fourth-order valence-electron chi connectivity index (χ4n) is 5.85. The molecule has 0 unspecified atom stereocenters. The van der Waals surface area contributed by atoms with Crippen LogP contribution in [-0.4, -0.2) is 6.61 Å². The van der Waals surface area contributed by atoms with Crippen LogP contribution < -0.4 is 0 Å². The quantitative estimate of drug-likeness (QED) is 0.309. The average molecular weight is 417 g/mol. The molecule has 2 aromatic carbocycles. The van der Waals surface area contributed by atoms with E-state index in [2.05, 4.69) is 68.1 Å². The van der Waals surface area contributed by atoms with E-state index in [4.69, 9.17) is 4.74 Å². The molecule has 4 rings (SSSR count). The highest BCUT2D eigenvalue weighted by molar-refractivity contribution is 5.64. The van der Waals surface area contributed by atoms with Crippen LogP contribution in [-0.2, 0) is 11.3 Å². The second-order valence-corrected chi connectivity index (χ2v) is 9.89. The first-order chi connectivity index (χ1) is 15.3. The monoisotopic (exact) mass is 416 g/mol. The van der Waals surface area contributed by atoms with Crippen LogP contribution in [0.25, 0.3) is 11.1 Å². The predicted octanol–water partition coefficient (Wildman–Crippen LogP) is 8.55. The van der Waals surface area contributed by atoms with Gasteiger partial charge in [-0.25, -0.2) is 0 Å². The van der Waals surface area contributed by atoms with Crippen LogP contribution >= 0.6 is 0 Å². The Bertz CT molecular complexity index is 787. The van der Waals surface area contributed by atoms with Gasteiger partial charge in [0.1, 0.15) is 0 Å². The van der Waals surface area contributed by atoms with Crippen molar-refractivity contribution in [3.05, 3.63) is 72.3 Å². The highest BCUT2D eigenvalue weighted by Gasteiger charge is 2.30. The second-order valence-electron chi connectivity index (χ2n) is 9.89. The molecular weight excluding hydrogens is 376 g/mol. The molecule has 1 nitrogen and oxygen atoms in total. The van der Waals surface area contributed by atoms with E-state index in [1.54, 1.807) is 5.56 Å². The summed E-state index contributed by atoms with van der Waals surface area (Å²) in [6.45, 7) is 7.70. The largest absolute Gasteiger partial charge is 0.377 e. The van der Waals surface area contributed by atoms with E-state index in [-0.39, 0.29) is 0 Å². The molecule has 2 aromatic rings. The van der Waals surface area contributed by atoms with Crippen LogP contribution in [0.3, 0.4) is 0 Å². The minimum Gasteiger partial charge on any atom is -0.377 e. The highest BCUT2D eigenvalue weighted by atomic mass is 16.5. The van der Waals surface area contributed by atoms with Crippen molar-refractivity contribution in [3.8, 4) is 11.1 Å². The molecule has 0 amide bonds. The summed E-state index contributed by atoms with van der Waals surface area (Å²) < 4.78 is 5.65. The molecule has 2 saturated carbocycles. The van der Waals surface area contributed by atoms with Crippen LogP contribution in [0.5, 0.6) is 0 Å². The maximum atomic E-state index is 5.65. The Balaban J connectivity index is 1.28. The fourth-order valence-corrected chi connectivity index (χ4v) is 5.85. The Morgan fingerprint density at radius 2 is 1.32 bits per heavy atom. The van der Waals surface area contributed by atoms with E-state index in [0.717, 1.165) is 36.7 Å². The fraction of sp³-hybridized carbons (Fsp3) is 0.533. The molecule has 0 aromatic heterocycles. The smallest absolute Gasteiger partial charge is 0.0716 e. The summed E-state index contributed by atoms with van der Waals surface area (Å²) in [6.07, 6.45) is 14.5. The molecule has 0 aliphatic heterocycles. The van der Waals surface area contributed by atoms with Gasteiger partial charge < -0.3 is 4.74 Å². The van der Waals surface area contributed by atoms with Crippen LogP contribution in [0.15, 0.2) is 61.2 Å². The molecule has 0 spiro atoms. The molecule has 2 aliphatic carbocycles. The zero-order valence-corrected chi connectivity index (χ0v) is 19.4. The van der Waals surface area contributed by atoms with E-state index in [9.17, 15) is 0 Å². The molecule has 2 aliphatic rings.